The highest BCUT2D eigenvalue weighted by Crippen LogP contribution is 2.33. The van der Waals surface area contributed by atoms with E-state index in [2.05, 4.69) is 4.99 Å². The fourth-order valence-electron chi connectivity index (χ4n) is 2.20. The molecule has 96 valence electrons. The van der Waals surface area contributed by atoms with Crippen LogP contribution < -0.4 is 0 Å². The number of para-hydroxylation sites is 1. The molecular weight excluding hydrogens is 258 g/mol. The number of nitrogens with zero attached hydrogens (tertiary/aromatic N) is 3. The minimum Gasteiger partial charge on any atom is -0.493 e. The van der Waals surface area contributed by atoms with E-state index in [1.54, 1.807) is 22.4 Å². The summed E-state index contributed by atoms with van der Waals surface area (Å²) in [6, 6.07) is 7.92. The molecule has 2 aromatic rings. The van der Waals surface area contributed by atoms with Crippen molar-refractivity contribution in [2.45, 2.75) is 0 Å². The van der Waals surface area contributed by atoms with E-state index in [-0.39, 0.29) is 5.88 Å². The van der Waals surface area contributed by atoms with Crippen LogP contribution in [-0.4, -0.2) is 20.5 Å². The quantitative estimate of drug-likeness (QED) is 0.810. The van der Waals surface area contributed by atoms with Gasteiger partial charge >= 0.3 is 0 Å². The minimum absolute atomic E-state index is 0.165. The van der Waals surface area contributed by atoms with Gasteiger partial charge in [-0.15, -0.1) is 0 Å². The lowest BCUT2D eigenvalue weighted by molar-refractivity contribution is 0.430. The Balaban J connectivity index is 2.18. The molecular formula is C14H13N3OS. The maximum Gasteiger partial charge on any atom is 0.217 e. The number of hydrogen-bond acceptors (Lipinski definition) is 3. The molecule has 1 aliphatic rings. The molecule has 2 heterocycles. The summed E-state index contributed by atoms with van der Waals surface area (Å²) in [6.07, 6.45) is 3.71. The van der Waals surface area contributed by atoms with Crippen molar-refractivity contribution >= 4 is 35.8 Å². The molecule has 4 nitrogen and oxygen atoms in total. The highest BCUT2D eigenvalue weighted by Gasteiger charge is 2.15. The minimum atomic E-state index is 0.165. The molecule has 1 aromatic carbocycles. The summed E-state index contributed by atoms with van der Waals surface area (Å²) in [5, 5.41) is 10.1. The number of aromatic hydroxyl groups is 1. The Labute approximate surface area is 116 Å². The lowest BCUT2D eigenvalue weighted by atomic mass is 10.1. The number of hydrogen-bond donors (Lipinski definition) is 1. The molecule has 1 N–H and O–H groups in total. The molecule has 0 amide bonds. The van der Waals surface area contributed by atoms with Gasteiger partial charge in [0.15, 0.2) is 4.77 Å². The summed E-state index contributed by atoms with van der Waals surface area (Å²) in [6.45, 7) is 0. The Hall–Kier alpha value is -2.14. The molecule has 0 saturated carbocycles. The monoisotopic (exact) mass is 271 g/mol. The van der Waals surface area contributed by atoms with Gasteiger partial charge in [-0.2, -0.15) is 0 Å². The molecule has 0 aliphatic carbocycles. The average molecular weight is 271 g/mol. The maximum atomic E-state index is 10.1. The lowest BCUT2D eigenvalue weighted by Gasteiger charge is -2.00. The van der Waals surface area contributed by atoms with Crippen molar-refractivity contribution in [1.29, 1.82) is 0 Å². The van der Waals surface area contributed by atoms with E-state index < -0.39 is 0 Å². The number of rotatable bonds is 1. The van der Waals surface area contributed by atoms with Gasteiger partial charge in [0.1, 0.15) is 5.69 Å². The van der Waals surface area contributed by atoms with Crippen molar-refractivity contribution in [2.75, 3.05) is 0 Å². The summed E-state index contributed by atoms with van der Waals surface area (Å²) in [5.74, 6) is 0.165. The Morgan fingerprint density at radius 3 is 2.63 bits per heavy atom. The van der Waals surface area contributed by atoms with E-state index >= 15 is 0 Å². The fraction of sp³-hybridized carbons (Fsp3) is 0.143. The van der Waals surface area contributed by atoms with Gasteiger partial charge in [0, 0.05) is 31.4 Å². The zero-order chi connectivity index (χ0) is 13.6. The molecule has 19 heavy (non-hydrogen) atoms. The number of aliphatic imine (C=N–C) groups is 1. The molecule has 5 heteroatoms. The molecule has 0 radical (unpaired) electrons. The van der Waals surface area contributed by atoms with E-state index in [1.807, 2.05) is 37.4 Å². The second-order valence-electron chi connectivity index (χ2n) is 4.48. The number of fused-ring (bicyclic) bond motifs is 1. The SMILES string of the molecule is Cn1c(O)c(/C=C2/C=Nc3ccccc32)n(C)c1=S. The first-order valence-electron chi connectivity index (χ1n) is 5.89. The third-order valence-electron chi connectivity index (χ3n) is 3.33. The van der Waals surface area contributed by atoms with Crippen LogP contribution in [0.3, 0.4) is 0 Å². The van der Waals surface area contributed by atoms with Gasteiger partial charge < -0.3 is 9.67 Å². The zero-order valence-corrected chi connectivity index (χ0v) is 11.5. The van der Waals surface area contributed by atoms with E-state index in [4.69, 9.17) is 12.2 Å². The van der Waals surface area contributed by atoms with E-state index in [0.717, 1.165) is 16.8 Å². The average Bonchev–Trinajstić information content (AvgIpc) is 2.91. The summed E-state index contributed by atoms with van der Waals surface area (Å²) in [4.78, 5) is 4.35. The third-order valence-corrected chi connectivity index (χ3v) is 3.88. The summed E-state index contributed by atoms with van der Waals surface area (Å²) >= 11 is 5.22. The zero-order valence-electron chi connectivity index (χ0n) is 10.7. The van der Waals surface area contributed by atoms with Gasteiger partial charge in [-0.3, -0.25) is 9.56 Å². The number of benzene rings is 1. The Bertz CT molecular complexity index is 780. The standard InChI is InChI=1S/C14H13N3OS/c1-16-12(13(18)17(2)14(16)19)7-9-8-15-11-6-4-3-5-10(9)11/h3-8,18H,1-2H3/b9-7-. The maximum absolute atomic E-state index is 10.1. The van der Waals surface area contributed by atoms with Gasteiger partial charge in [0.25, 0.3) is 0 Å². The predicted molar refractivity (Wildman–Crippen MR) is 79.3 cm³/mol. The van der Waals surface area contributed by atoms with Crippen molar-refractivity contribution in [3.8, 4) is 5.88 Å². The van der Waals surface area contributed by atoms with Gasteiger partial charge in [0.2, 0.25) is 5.88 Å². The summed E-state index contributed by atoms with van der Waals surface area (Å²) < 4.78 is 3.94. The Morgan fingerprint density at radius 2 is 1.95 bits per heavy atom. The van der Waals surface area contributed by atoms with Crippen LogP contribution in [0.5, 0.6) is 5.88 Å². The largest absolute Gasteiger partial charge is 0.493 e. The van der Waals surface area contributed by atoms with Crippen LogP contribution in [0.4, 0.5) is 5.69 Å². The van der Waals surface area contributed by atoms with Crippen molar-refractivity contribution in [3.05, 3.63) is 40.3 Å². The Kier molecular flexibility index (Phi) is 2.64. The van der Waals surface area contributed by atoms with Crippen LogP contribution in [0.2, 0.25) is 0 Å². The van der Waals surface area contributed by atoms with Crippen molar-refractivity contribution < 1.29 is 5.11 Å². The first kappa shape index (κ1) is 11.9. The van der Waals surface area contributed by atoms with E-state index in [0.29, 0.717) is 10.5 Å². The Morgan fingerprint density at radius 1 is 1.21 bits per heavy atom. The second-order valence-corrected chi connectivity index (χ2v) is 4.85. The van der Waals surface area contributed by atoms with E-state index in [1.165, 1.54) is 0 Å². The van der Waals surface area contributed by atoms with Crippen molar-refractivity contribution in [3.63, 3.8) is 0 Å². The molecule has 0 atom stereocenters. The molecule has 0 unspecified atom stereocenters. The molecule has 1 aromatic heterocycles. The van der Waals surface area contributed by atoms with Crippen LogP contribution in [0.1, 0.15) is 11.3 Å². The van der Waals surface area contributed by atoms with Crippen molar-refractivity contribution in [2.24, 2.45) is 19.1 Å². The lowest BCUT2D eigenvalue weighted by Crippen LogP contribution is -1.92. The smallest absolute Gasteiger partial charge is 0.217 e. The summed E-state index contributed by atoms with van der Waals surface area (Å²) in [5.41, 5.74) is 3.68. The fourth-order valence-corrected chi connectivity index (χ4v) is 2.39. The highest BCUT2D eigenvalue weighted by molar-refractivity contribution is 7.71. The first-order valence-corrected chi connectivity index (χ1v) is 6.30. The van der Waals surface area contributed by atoms with E-state index in [9.17, 15) is 5.11 Å². The molecule has 1 aliphatic heterocycles. The number of aromatic nitrogens is 2. The van der Waals surface area contributed by atoms with Crippen LogP contribution in [0.25, 0.3) is 11.6 Å². The third kappa shape index (κ3) is 1.74. The van der Waals surface area contributed by atoms with Crippen LogP contribution >= 0.6 is 12.2 Å². The molecule has 0 saturated heterocycles. The topological polar surface area (TPSA) is 42.4 Å². The second kappa shape index (κ2) is 4.20. The summed E-state index contributed by atoms with van der Waals surface area (Å²) in [7, 11) is 3.59. The number of imidazole rings is 1. The van der Waals surface area contributed by atoms with Gasteiger partial charge in [0.05, 0.1) is 5.69 Å². The highest BCUT2D eigenvalue weighted by atomic mass is 32.1. The first-order chi connectivity index (χ1) is 9.09. The van der Waals surface area contributed by atoms with Crippen LogP contribution in [-0.2, 0) is 14.1 Å². The van der Waals surface area contributed by atoms with Gasteiger partial charge in [-0.1, -0.05) is 18.2 Å². The van der Waals surface area contributed by atoms with Gasteiger partial charge in [-0.05, 0) is 24.4 Å². The van der Waals surface area contributed by atoms with Crippen LogP contribution in [0, 0.1) is 4.77 Å². The molecule has 0 spiro atoms. The van der Waals surface area contributed by atoms with Crippen LogP contribution in [0.15, 0.2) is 29.3 Å². The molecule has 0 fully saturated rings. The predicted octanol–water partition coefficient (Wildman–Crippen LogP) is 3.06. The molecule has 0 bridgehead atoms. The van der Waals surface area contributed by atoms with Gasteiger partial charge in [-0.25, -0.2) is 0 Å². The number of allylic oxidation sites excluding steroid dienone is 1. The van der Waals surface area contributed by atoms with Crippen molar-refractivity contribution in [1.82, 2.24) is 9.13 Å². The molecule has 3 rings (SSSR count). The normalized spacial score (nSPS) is 15.2.